The molecule has 0 bridgehead atoms. The molecule has 3 nitrogen and oxygen atoms in total. The molecular weight excluding hydrogens is 293 g/mol. The largest absolute Gasteiger partial charge is 0.465 e. The van der Waals surface area contributed by atoms with Gasteiger partial charge in [0.1, 0.15) is 0 Å². The number of nitrogens with one attached hydrogen (secondary N) is 1. The average Bonchev–Trinajstić information content (AvgIpc) is 2.20. The van der Waals surface area contributed by atoms with Crippen LogP contribution in [0.1, 0.15) is 24.2 Å². The van der Waals surface area contributed by atoms with E-state index in [2.05, 4.69) is 21.2 Å². The molecule has 0 spiro atoms. The molecule has 0 aliphatic carbocycles. The van der Waals surface area contributed by atoms with Gasteiger partial charge < -0.3 is 10.1 Å². The lowest BCUT2D eigenvalue weighted by molar-refractivity contribution is 0.0601. The van der Waals surface area contributed by atoms with Crippen molar-refractivity contribution in [2.75, 3.05) is 12.4 Å². The molecule has 0 saturated carbocycles. The third kappa shape index (κ3) is 3.12. The summed E-state index contributed by atoms with van der Waals surface area (Å²) in [5, 5.41) is 3.67. The first-order valence-electron chi connectivity index (χ1n) is 4.79. The van der Waals surface area contributed by atoms with Crippen LogP contribution in [0.15, 0.2) is 16.6 Å². The molecular formula is C11H13BrClNO2. The van der Waals surface area contributed by atoms with Crippen LogP contribution in [-0.4, -0.2) is 19.1 Å². The minimum Gasteiger partial charge on any atom is -0.465 e. The molecule has 88 valence electrons. The molecule has 0 atom stereocenters. The molecule has 0 saturated heterocycles. The summed E-state index contributed by atoms with van der Waals surface area (Å²) in [6.07, 6.45) is 0. The molecule has 1 aromatic rings. The Hall–Kier alpha value is -0.740. The average molecular weight is 307 g/mol. The molecule has 1 aromatic carbocycles. The highest BCUT2D eigenvalue weighted by Crippen LogP contribution is 2.31. The van der Waals surface area contributed by atoms with Crippen LogP contribution in [-0.2, 0) is 4.74 Å². The minimum absolute atomic E-state index is 0.209. The van der Waals surface area contributed by atoms with Crippen LogP contribution < -0.4 is 5.32 Å². The zero-order valence-electron chi connectivity index (χ0n) is 9.30. The first-order valence-corrected chi connectivity index (χ1v) is 5.96. The minimum atomic E-state index is -0.411. The zero-order chi connectivity index (χ0) is 12.3. The van der Waals surface area contributed by atoms with Crippen molar-refractivity contribution < 1.29 is 9.53 Å². The molecule has 16 heavy (non-hydrogen) atoms. The van der Waals surface area contributed by atoms with E-state index in [0.717, 1.165) is 4.47 Å². The highest BCUT2D eigenvalue weighted by Gasteiger charge is 2.16. The zero-order valence-corrected chi connectivity index (χ0v) is 11.6. The van der Waals surface area contributed by atoms with Crippen LogP contribution >= 0.6 is 27.5 Å². The van der Waals surface area contributed by atoms with Crippen LogP contribution in [0.5, 0.6) is 0 Å². The maximum atomic E-state index is 11.6. The molecule has 0 fully saturated rings. The second kappa shape index (κ2) is 5.55. The number of carbonyl (C=O) groups is 1. The van der Waals surface area contributed by atoms with E-state index in [1.807, 2.05) is 13.8 Å². The molecule has 5 heteroatoms. The topological polar surface area (TPSA) is 38.3 Å². The summed E-state index contributed by atoms with van der Waals surface area (Å²) in [6.45, 7) is 3.98. The van der Waals surface area contributed by atoms with Crippen molar-refractivity contribution in [1.29, 1.82) is 0 Å². The first-order chi connectivity index (χ1) is 7.45. The van der Waals surface area contributed by atoms with E-state index in [1.54, 1.807) is 12.1 Å². The SMILES string of the molecule is COC(=O)c1cc(Cl)cc(Br)c1NC(C)C. The fourth-order valence-corrected chi connectivity index (χ4v) is 2.20. The van der Waals surface area contributed by atoms with Crippen molar-refractivity contribution in [3.8, 4) is 0 Å². The van der Waals surface area contributed by atoms with Gasteiger partial charge >= 0.3 is 5.97 Å². The molecule has 0 aromatic heterocycles. The highest BCUT2D eigenvalue weighted by molar-refractivity contribution is 9.10. The van der Waals surface area contributed by atoms with E-state index >= 15 is 0 Å². The van der Waals surface area contributed by atoms with Crippen LogP contribution in [0.4, 0.5) is 5.69 Å². The van der Waals surface area contributed by atoms with Gasteiger partial charge in [0.2, 0.25) is 0 Å². The normalized spacial score (nSPS) is 10.4. The van der Waals surface area contributed by atoms with Gasteiger partial charge in [0.05, 0.1) is 18.4 Å². The highest BCUT2D eigenvalue weighted by atomic mass is 79.9. The van der Waals surface area contributed by atoms with Crippen molar-refractivity contribution in [3.05, 3.63) is 27.2 Å². The van der Waals surface area contributed by atoms with E-state index in [4.69, 9.17) is 16.3 Å². The van der Waals surface area contributed by atoms with E-state index in [1.165, 1.54) is 7.11 Å². The third-order valence-corrected chi connectivity index (χ3v) is 2.74. The summed E-state index contributed by atoms with van der Waals surface area (Å²) in [7, 11) is 1.34. The van der Waals surface area contributed by atoms with Crippen LogP contribution in [0.3, 0.4) is 0 Å². The Morgan fingerprint density at radius 1 is 1.50 bits per heavy atom. The third-order valence-electron chi connectivity index (χ3n) is 1.89. The smallest absolute Gasteiger partial charge is 0.340 e. The predicted octanol–water partition coefficient (Wildman–Crippen LogP) is 3.71. The maximum absolute atomic E-state index is 11.6. The lowest BCUT2D eigenvalue weighted by Gasteiger charge is -2.15. The van der Waals surface area contributed by atoms with Gasteiger partial charge in [-0.3, -0.25) is 0 Å². The Balaban J connectivity index is 3.26. The Morgan fingerprint density at radius 2 is 2.12 bits per heavy atom. The molecule has 0 radical (unpaired) electrons. The van der Waals surface area contributed by atoms with Gasteiger partial charge in [0.15, 0.2) is 0 Å². The van der Waals surface area contributed by atoms with Crippen LogP contribution in [0.25, 0.3) is 0 Å². The number of anilines is 1. The Bertz CT molecular complexity index is 407. The van der Waals surface area contributed by atoms with Crippen molar-refractivity contribution in [2.24, 2.45) is 0 Å². The monoisotopic (exact) mass is 305 g/mol. The summed E-state index contributed by atoms with van der Waals surface area (Å²) in [6, 6.07) is 3.53. The molecule has 0 unspecified atom stereocenters. The summed E-state index contributed by atoms with van der Waals surface area (Å²) >= 11 is 9.26. The standard InChI is InChI=1S/C11H13BrClNO2/c1-6(2)14-10-8(11(15)16-3)4-7(13)5-9(10)12/h4-6,14H,1-3H3. The summed E-state index contributed by atoms with van der Waals surface area (Å²) in [4.78, 5) is 11.6. The lowest BCUT2D eigenvalue weighted by atomic mass is 10.1. The molecule has 1 N–H and O–H groups in total. The molecule has 0 aliphatic heterocycles. The number of halogens is 2. The van der Waals surface area contributed by atoms with Gasteiger partial charge in [0.25, 0.3) is 0 Å². The van der Waals surface area contributed by atoms with Crippen LogP contribution in [0, 0.1) is 0 Å². The summed E-state index contributed by atoms with van der Waals surface area (Å²) < 4.78 is 5.45. The quantitative estimate of drug-likeness (QED) is 0.865. The maximum Gasteiger partial charge on any atom is 0.340 e. The van der Waals surface area contributed by atoms with Crippen molar-refractivity contribution in [3.63, 3.8) is 0 Å². The number of esters is 1. The number of benzene rings is 1. The van der Waals surface area contributed by atoms with Gasteiger partial charge in [-0.1, -0.05) is 11.6 Å². The summed E-state index contributed by atoms with van der Waals surface area (Å²) in [5.74, 6) is -0.411. The Kier molecular flexibility index (Phi) is 4.62. The van der Waals surface area contributed by atoms with Gasteiger partial charge in [-0.25, -0.2) is 4.79 Å². The molecule has 0 heterocycles. The number of carbonyl (C=O) groups excluding carboxylic acids is 1. The predicted molar refractivity (Wildman–Crippen MR) is 69.3 cm³/mol. The fourth-order valence-electron chi connectivity index (χ4n) is 1.28. The molecule has 0 amide bonds. The van der Waals surface area contributed by atoms with Crippen molar-refractivity contribution >= 4 is 39.2 Å². The summed E-state index contributed by atoms with van der Waals surface area (Å²) in [5.41, 5.74) is 1.13. The first kappa shape index (κ1) is 13.3. The van der Waals surface area contributed by atoms with Crippen LogP contribution in [0.2, 0.25) is 5.02 Å². The fraction of sp³-hybridized carbons (Fsp3) is 0.364. The van der Waals surface area contributed by atoms with Gasteiger partial charge in [0, 0.05) is 15.5 Å². The number of ether oxygens (including phenoxy) is 1. The number of hydrogen-bond acceptors (Lipinski definition) is 3. The van der Waals surface area contributed by atoms with E-state index in [0.29, 0.717) is 16.3 Å². The van der Waals surface area contributed by atoms with Gasteiger partial charge in [-0.15, -0.1) is 0 Å². The Labute approximate surface area is 108 Å². The van der Waals surface area contributed by atoms with Gasteiger partial charge in [-0.2, -0.15) is 0 Å². The molecule has 0 aliphatic rings. The second-order valence-electron chi connectivity index (χ2n) is 3.60. The second-order valence-corrected chi connectivity index (χ2v) is 4.89. The number of methoxy groups -OCH3 is 1. The number of rotatable bonds is 3. The molecule has 1 rings (SSSR count). The van der Waals surface area contributed by atoms with Gasteiger partial charge in [-0.05, 0) is 41.9 Å². The van der Waals surface area contributed by atoms with Crippen molar-refractivity contribution in [2.45, 2.75) is 19.9 Å². The number of hydrogen-bond donors (Lipinski definition) is 1. The Morgan fingerprint density at radius 3 is 2.62 bits per heavy atom. The van der Waals surface area contributed by atoms with Crippen molar-refractivity contribution in [1.82, 2.24) is 0 Å². The van der Waals surface area contributed by atoms with E-state index in [-0.39, 0.29) is 6.04 Å². The lowest BCUT2D eigenvalue weighted by Crippen LogP contribution is -2.14. The van der Waals surface area contributed by atoms with E-state index in [9.17, 15) is 4.79 Å². The van der Waals surface area contributed by atoms with E-state index < -0.39 is 5.97 Å².